The lowest BCUT2D eigenvalue weighted by atomic mass is 9.83. The SMILES string of the molecule is O=C(COc1ccc2ccccc2c1)Nc1cc(C2CC2)nn1C1NC(=O)C2CCCCC2N1. The number of hydrogen-bond donors (Lipinski definition) is 3. The van der Waals surface area contributed by atoms with Crippen molar-refractivity contribution in [3.63, 3.8) is 0 Å². The maximum absolute atomic E-state index is 12.8. The van der Waals surface area contributed by atoms with E-state index in [1.807, 2.05) is 48.5 Å². The Bertz CT molecular complexity index is 1230. The number of hydrogen-bond acceptors (Lipinski definition) is 5. The molecule has 1 saturated heterocycles. The largest absolute Gasteiger partial charge is 0.484 e. The van der Waals surface area contributed by atoms with Gasteiger partial charge in [0.2, 0.25) is 5.91 Å². The minimum absolute atomic E-state index is 0.0110. The number of aromatic nitrogens is 2. The fourth-order valence-corrected chi connectivity index (χ4v) is 5.13. The van der Waals surface area contributed by atoms with Crippen molar-refractivity contribution in [2.45, 2.75) is 56.8 Å². The van der Waals surface area contributed by atoms with Crippen molar-refractivity contribution in [2.75, 3.05) is 11.9 Å². The Morgan fingerprint density at radius 2 is 1.88 bits per heavy atom. The van der Waals surface area contributed by atoms with Crippen LogP contribution in [0.5, 0.6) is 5.75 Å². The molecule has 3 fully saturated rings. The molecule has 8 nitrogen and oxygen atoms in total. The van der Waals surface area contributed by atoms with Gasteiger partial charge < -0.3 is 15.4 Å². The van der Waals surface area contributed by atoms with E-state index in [-0.39, 0.29) is 30.4 Å². The first kappa shape index (κ1) is 21.2. The molecule has 34 heavy (non-hydrogen) atoms. The van der Waals surface area contributed by atoms with Crippen molar-refractivity contribution in [3.05, 3.63) is 54.2 Å². The summed E-state index contributed by atoms with van der Waals surface area (Å²) >= 11 is 0. The van der Waals surface area contributed by atoms with E-state index in [0.717, 1.165) is 55.0 Å². The molecule has 1 aliphatic heterocycles. The van der Waals surface area contributed by atoms with Gasteiger partial charge in [-0.15, -0.1) is 0 Å². The number of benzene rings is 2. The molecule has 6 rings (SSSR count). The highest BCUT2D eigenvalue weighted by molar-refractivity contribution is 5.91. The predicted octanol–water partition coefficient (Wildman–Crippen LogP) is 3.67. The van der Waals surface area contributed by atoms with Crippen molar-refractivity contribution < 1.29 is 14.3 Å². The molecule has 2 amide bonds. The highest BCUT2D eigenvalue weighted by atomic mass is 16.5. The van der Waals surface area contributed by atoms with Crippen LogP contribution in [0.1, 0.15) is 56.4 Å². The number of ether oxygens (including phenoxy) is 1. The fraction of sp³-hybridized carbons (Fsp3) is 0.423. The first-order valence-corrected chi connectivity index (χ1v) is 12.2. The number of carbonyl (C=O) groups excluding carboxylic acids is 2. The molecule has 3 N–H and O–H groups in total. The summed E-state index contributed by atoms with van der Waals surface area (Å²) in [6.45, 7) is -0.114. The van der Waals surface area contributed by atoms with Gasteiger partial charge in [-0.25, -0.2) is 4.68 Å². The van der Waals surface area contributed by atoms with E-state index >= 15 is 0 Å². The van der Waals surface area contributed by atoms with E-state index in [4.69, 9.17) is 9.84 Å². The second-order valence-electron chi connectivity index (χ2n) is 9.59. The molecule has 176 valence electrons. The van der Waals surface area contributed by atoms with E-state index in [1.54, 1.807) is 4.68 Å². The van der Waals surface area contributed by atoms with Gasteiger partial charge >= 0.3 is 0 Å². The van der Waals surface area contributed by atoms with Crippen LogP contribution >= 0.6 is 0 Å². The molecule has 2 heterocycles. The lowest BCUT2D eigenvalue weighted by Gasteiger charge is -2.40. The first-order valence-electron chi connectivity index (χ1n) is 12.2. The maximum atomic E-state index is 12.8. The van der Waals surface area contributed by atoms with Crippen LogP contribution in [-0.2, 0) is 9.59 Å². The van der Waals surface area contributed by atoms with Gasteiger partial charge in [0.15, 0.2) is 12.9 Å². The number of nitrogens with zero attached hydrogens (tertiary/aromatic N) is 2. The molecule has 3 aromatic rings. The van der Waals surface area contributed by atoms with Gasteiger partial charge in [0.25, 0.3) is 5.91 Å². The van der Waals surface area contributed by atoms with Gasteiger partial charge in [-0.05, 0) is 48.6 Å². The van der Waals surface area contributed by atoms with Crippen LogP contribution in [0.3, 0.4) is 0 Å². The van der Waals surface area contributed by atoms with Crippen LogP contribution in [0.15, 0.2) is 48.5 Å². The second-order valence-corrected chi connectivity index (χ2v) is 9.59. The number of rotatable bonds is 6. The zero-order valence-electron chi connectivity index (χ0n) is 19.0. The van der Waals surface area contributed by atoms with Crippen molar-refractivity contribution in [3.8, 4) is 5.75 Å². The average molecular weight is 460 g/mol. The van der Waals surface area contributed by atoms with Gasteiger partial charge in [0.1, 0.15) is 11.6 Å². The zero-order valence-corrected chi connectivity index (χ0v) is 19.0. The van der Waals surface area contributed by atoms with Crippen molar-refractivity contribution in [1.82, 2.24) is 20.4 Å². The van der Waals surface area contributed by atoms with Crippen molar-refractivity contribution in [1.29, 1.82) is 0 Å². The quantitative estimate of drug-likeness (QED) is 0.523. The standard InChI is InChI=1S/C26H29N5O3/c32-24(15-34-19-12-11-16-5-1-2-6-18(16)13-19)28-23-14-22(17-9-10-17)30-31(23)26-27-21-8-4-3-7-20(21)25(33)29-26/h1-2,5-6,11-14,17,20-21,26-27H,3-4,7-10,15H2,(H,28,32)(H,29,33). The molecule has 0 radical (unpaired) electrons. The van der Waals surface area contributed by atoms with Gasteiger partial charge in [-0.2, -0.15) is 5.10 Å². The third kappa shape index (κ3) is 4.25. The van der Waals surface area contributed by atoms with E-state index < -0.39 is 6.29 Å². The lowest BCUT2D eigenvalue weighted by Crippen LogP contribution is -2.59. The molecule has 2 aliphatic carbocycles. The summed E-state index contributed by atoms with van der Waals surface area (Å²) in [5, 5.41) is 16.5. The first-order chi connectivity index (χ1) is 16.6. The van der Waals surface area contributed by atoms with Crippen molar-refractivity contribution in [2.24, 2.45) is 5.92 Å². The third-order valence-electron chi connectivity index (χ3n) is 7.11. The van der Waals surface area contributed by atoms with Crippen LogP contribution < -0.4 is 20.7 Å². The molecule has 0 spiro atoms. The van der Waals surface area contributed by atoms with Gasteiger partial charge in [0.05, 0.1) is 11.6 Å². The summed E-state index contributed by atoms with van der Waals surface area (Å²) in [4.78, 5) is 25.5. The molecule has 2 aromatic carbocycles. The van der Waals surface area contributed by atoms with Gasteiger partial charge in [-0.3, -0.25) is 14.9 Å². The Balaban J connectivity index is 1.16. The van der Waals surface area contributed by atoms with Crippen molar-refractivity contribution >= 4 is 28.4 Å². The Labute approximate surface area is 198 Å². The Morgan fingerprint density at radius 1 is 1.06 bits per heavy atom. The monoisotopic (exact) mass is 459 g/mol. The summed E-state index contributed by atoms with van der Waals surface area (Å²) in [7, 11) is 0. The second kappa shape index (κ2) is 8.76. The predicted molar refractivity (Wildman–Crippen MR) is 128 cm³/mol. The number of carbonyl (C=O) groups is 2. The minimum Gasteiger partial charge on any atom is -0.484 e. The number of nitrogens with one attached hydrogen (secondary N) is 3. The highest BCUT2D eigenvalue weighted by Crippen LogP contribution is 2.40. The minimum atomic E-state index is -0.476. The lowest BCUT2D eigenvalue weighted by molar-refractivity contribution is -0.132. The van der Waals surface area contributed by atoms with E-state index in [2.05, 4.69) is 16.0 Å². The summed E-state index contributed by atoms with van der Waals surface area (Å²) in [6.07, 6.45) is 5.83. The van der Waals surface area contributed by atoms with Gasteiger partial charge in [0, 0.05) is 18.0 Å². The smallest absolute Gasteiger partial charge is 0.263 e. The zero-order chi connectivity index (χ0) is 23.1. The molecular formula is C26H29N5O3. The molecule has 3 unspecified atom stereocenters. The average Bonchev–Trinajstić information content (AvgIpc) is 3.63. The summed E-state index contributed by atoms with van der Waals surface area (Å²) in [5.74, 6) is 1.44. The molecule has 3 atom stereocenters. The van der Waals surface area contributed by atoms with Crippen LogP contribution in [0.4, 0.5) is 5.82 Å². The summed E-state index contributed by atoms with van der Waals surface area (Å²) in [5.41, 5.74) is 0.951. The Kier molecular flexibility index (Phi) is 5.45. The number of amides is 2. The molecule has 8 heteroatoms. The van der Waals surface area contributed by atoms with Crippen LogP contribution in [0.25, 0.3) is 10.8 Å². The molecule has 1 aromatic heterocycles. The van der Waals surface area contributed by atoms with Crippen LogP contribution in [0, 0.1) is 5.92 Å². The molecule has 2 saturated carbocycles. The molecule has 3 aliphatic rings. The van der Waals surface area contributed by atoms with E-state index in [9.17, 15) is 9.59 Å². The number of anilines is 1. The van der Waals surface area contributed by atoms with E-state index in [0.29, 0.717) is 17.5 Å². The summed E-state index contributed by atoms with van der Waals surface area (Å²) in [6, 6.07) is 15.9. The fourth-order valence-electron chi connectivity index (χ4n) is 5.13. The topological polar surface area (TPSA) is 97.3 Å². The van der Waals surface area contributed by atoms with Gasteiger partial charge in [-0.1, -0.05) is 43.2 Å². The third-order valence-corrected chi connectivity index (χ3v) is 7.11. The Hall–Kier alpha value is -3.39. The molecule has 0 bridgehead atoms. The highest BCUT2D eigenvalue weighted by Gasteiger charge is 2.39. The summed E-state index contributed by atoms with van der Waals surface area (Å²) < 4.78 is 7.47. The Morgan fingerprint density at radius 3 is 2.74 bits per heavy atom. The maximum Gasteiger partial charge on any atom is 0.263 e. The molecular weight excluding hydrogens is 430 g/mol. The van der Waals surface area contributed by atoms with E-state index in [1.165, 1.54) is 0 Å². The van der Waals surface area contributed by atoms with Crippen LogP contribution in [-0.4, -0.2) is 34.2 Å². The van der Waals surface area contributed by atoms with Crippen LogP contribution in [0.2, 0.25) is 0 Å². The number of fused-ring (bicyclic) bond motifs is 2. The normalized spacial score (nSPS) is 24.4.